The van der Waals surface area contributed by atoms with E-state index in [0.29, 0.717) is 16.3 Å². The number of nitriles is 1. The van der Waals surface area contributed by atoms with Crippen LogP contribution in [0.3, 0.4) is 0 Å². The Morgan fingerprint density at radius 3 is 2.43 bits per heavy atom. The molecule has 0 spiro atoms. The molecule has 7 heteroatoms. The molecule has 1 N–H and O–H groups in total. The fourth-order valence-corrected chi connectivity index (χ4v) is 4.77. The zero-order chi connectivity index (χ0) is 24.9. The van der Waals surface area contributed by atoms with Gasteiger partial charge in [-0.25, -0.2) is 4.39 Å². The fourth-order valence-electron chi connectivity index (χ4n) is 4.49. The van der Waals surface area contributed by atoms with Crippen molar-refractivity contribution in [1.82, 2.24) is 4.90 Å². The summed E-state index contributed by atoms with van der Waals surface area (Å²) in [6.45, 7) is 6.30. The Morgan fingerprint density at radius 2 is 1.80 bits per heavy atom. The first-order chi connectivity index (χ1) is 16.9. The van der Waals surface area contributed by atoms with E-state index in [4.69, 9.17) is 21.6 Å². The van der Waals surface area contributed by atoms with Crippen LogP contribution in [0.25, 0.3) is 0 Å². The van der Waals surface area contributed by atoms with Gasteiger partial charge >= 0.3 is 0 Å². The molecule has 182 valence electrons. The van der Waals surface area contributed by atoms with Crippen molar-refractivity contribution in [2.45, 2.75) is 32.0 Å². The lowest BCUT2D eigenvalue weighted by molar-refractivity contribution is 0.122. The normalized spacial score (nSPS) is 18.1. The average Bonchev–Trinajstić information content (AvgIpc) is 2.87. The number of ether oxygens (including phenoxy) is 1. The zero-order valence-electron chi connectivity index (χ0n) is 19.9. The predicted octanol–water partition coefficient (Wildman–Crippen LogP) is 5.73. The SMILES string of the molecule is C[C@H](c1ccc(C#N)cc1)N1CCN(c2ccc(OC[C@@H](C)O)cc2Cl)[C@H](c2ccc(F)cc2)C1. The van der Waals surface area contributed by atoms with Gasteiger partial charge in [0.25, 0.3) is 0 Å². The lowest BCUT2D eigenvalue weighted by Crippen LogP contribution is -2.49. The molecular weight excluding hydrogens is 465 g/mol. The minimum atomic E-state index is -0.567. The fraction of sp³-hybridized carbons (Fsp3) is 0.321. The van der Waals surface area contributed by atoms with Gasteiger partial charge in [-0.2, -0.15) is 5.26 Å². The molecule has 1 heterocycles. The molecule has 0 radical (unpaired) electrons. The van der Waals surface area contributed by atoms with Crippen LogP contribution in [0.15, 0.2) is 66.7 Å². The third-order valence-corrected chi connectivity index (χ3v) is 6.76. The summed E-state index contributed by atoms with van der Waals surface area (Å²) in [5.74, 6) is 0.336. The van der Waals surface area contributed by atoms with Crippen molar-refractivity contribution in [1.29, 1.82) is 5.26 Å². The van der Waals surface area contributed by atoms with E-state index in [2.05, 4.69) is 22.8 Å². The summed E-state index contributed by atoms with van der Waals surface area (Å²) in [5, 5.41) is 19.2. The summed E-state index contributed by atoms with van der Waals surface area (Å²) in [4.78, 5) is 4.66. The van der Waals surface area contributed by atoms with E-state index in [1.807, 2.05) is 48.5 Å². The van der Waals surface area contributed by atoms with Gasteiger partial charge in [0.2, 0.25) is 0 Å². The van der Waals surface area contributed by atoms with E-state index in [1.165, 1.54) is 12.1 Å². The summed E-state index contributed by atoms with van der Waals surface area (Å²) >= 11 is 6.70. The predicted molar refractivity (Wildman–Crippen MR) is 136 cm³/mol. The molecule has 3 atom stereocenters. The van der Waals surface area contributed by atoms with Gasteiger partial charge in [0.05, 0.1) is 34.5 Å². The number of anilines is 1. The molecule has 0 aliphatic carbocycles. The quantitative estimate of drug-likeness (QED) is 0.455. The number of rotatable bonds is 7. The minimum absolute atomic E-state index is 0.0353. The van der Waals surface area contributed by atoms with Crippen molar-refractivity contribution in [2.75, 3.05) is 31.1 Å². The first-order valence-electron chi connectivity index (χ1n) is 11.7. The molecule has 3 aromatic rings. The van der Waals surface area contributed by atoms with Crippen molar-refractivity contribution in [3.63, 3.8) is 0 Å². The Balaban J connectivity index is 1.60. The first kappa shape index (κ1) is 25.0. The molecule has 5 nitrogen and oxygen atoms in total. The Hall–Kier alpha value is -3.11. The number of hydrogen-bond acceptors (Lipinski definition) is 5. The van der Waals surface area contributed by atoms with Gasteiger partial charge in [-0.05, 0) is 61.4 Å². The van der Waals surface area contributed by atoms with Crippen LogP contribution in [-0.4, -0.2) is 42.4 Å². The Labute approximate surface area is 210 Å². The largest absolute Gasteiger partial charge is 0.491 e. The Bertz CT molecular complexity index is 1180. The van der Waals surface area contributed by atoms with Crippen molar-refractivity contribution >= 4 is 17.3 Å². The molecule has 1 aliphatic rings. The van der Waals surface area contributed by atoms with E-state index in [1.54, 1.807) is 13.0 Å². The number of nitrogens with zero attached hydrogens (tertiary/aromatic N) is 3. The van der Waals surface area contributed by atoms with E-state index >= 15 is 0 Å². The van der Waals surface area contributed by atoms with Crippen molar-refractivity contribution in [3.8, 4) is 11.8 Å². The molecule has 0 aromatic heterocycles. The summed E-state index contributed by atoms with van der Waals surface area (Å²) in [6.07, 6.45) is -0.567. The molecule has 4 rings (SSSR count). The second-order valence-electron chi connectivity index (χ2n) is 8.94. The summed E-state index contributed by atoms with van der Waals surface area (Å²) in [7, 11) is 0. The van der Waals surface area contributed by atoms with E-state index < -0.39 is 6.10 Å². The lowest BCUT2D eigenvalue weighted by atomic mass is 9.98. The third-order valence-electron chi connectivity index (χ3n) is 6.46. The monoisotopic (exact) mass is 493 g/mol. The number of piperazine rings is 1. The molecule has 0 unspecified atom stereocenters. The number of aliphatic hydroxyl groups is 1. The number of hydrogen-bond donors (Lipinski definition) is 1. The summed E-state index contributed by atoms with van der Waals surface area (Å²) in [6, 6.07) is 22.2. The zero-order valence-corrected chi connectivity index (χ0v) is 20.6. The Morgan fingerprint density at radius 1 is 1.09 bits per heavy atom. The van der Waals surface area contributed by atoms with E-state index in [0.717, 1.165) is 36.4 Å². The molecule has 1 saturated heterocycles. The first-order valence-corrected chi connectivity index (χ1v) is 12.1. The smallest absolute Gasteiger partial charge is 0.123 e. The highest BCUT2D eigenvalue weighted by molar-refractivity contribution is 6.33. The molecule has 0 saturated carbocycles. The topological polar surface area (TPSA) is 59.7 Å². The van der Waals surface area contributed by atoms with Crippen LogP contribution in [0.1, 0.15) is 42.6 Å². The van der Waals surface area contributed by atoms with Gasteiger partial charge in [-0.3, -0.25) is 4.90 Å². The van der Waals surface area contributed by atoms with Crippen LogP contribution in [0.2, 0.25) is 5.02 Å². The van der Waals surface area contributed by atoms with Crippen molar-refractivity contribution < 1.29 is 14.2 Å². The average molecular weight is 494 g/mol. The highest BCUT2D eigenvalue weighted by atomic mass is 35.5. The maximum Gasteiger partial charge on any atom is 0.123 e. The van der Waals surface area contributed by atoms with Gasteiger partial charge in [0.15, 0.2) is 0 Å². The van der Waals surface area contributed by atoms with Crippen molar-refractivity contribution in [3.05, 3.63) is 94.3 Å². The maximum absolute atomic E-state index is 13.7. The molecule has 1 aliphatic heterocycles. The molecule has 35 heavy (non-hydrogen) atoms. The standard InChI is InChI=1S/C28H29ClFN3O2/c1-19(34)18-35-25-11-12-27(26(29)15-25)33-14-13-32(17-28(33)23-7-9-24(30)10-8-23)20(2)22-5-3-21(16-31)4-6-22/h3-12,15,19-20,28,34H,13-14,17-18H2,1-2H3/t19-,20-,28+/m1/s1. The molecule has 0 bridgehead atoms. The van der Waals surface area contributed by atoms with Gasteiger partial charge < -0.3 is 14.7 Å². The second-order valence-corrected chi connectivity index (χ2v) is 9.35. The third kappa shape index (κ3) is 5.94. The lowest BCUT2D eigenvalue weighted by Gasteiger charge is -2.45. The van der Waals surface area contributed by atoms with Gasteiger partial charge in [-0.15, -0.1) is 0 Å². The summed E-state index contributed by atoms with van der Waals surface area (Å²) in [5.41, 5.74) is 3.68. The highest BCUT2D eigenvalue weighted by Gasteiger charge is 2.32. The van der Waals surface area contributed by atoms with Gasteiger partial charge in [-0.1, -0.05) is 35.9 Å². The molecular formula is C28H29ClFN3O2. The maximum atomic E-state index is 13.7. The van der Waals surface area contributed by atoms with Crippen LogP contribution in [0, 0.1) is 17.1 Å². The van der Waals surface area contributed by atoms with Gasteiger partial charge in [0.1, 0.15) is 18.2 Å². The second kappa shape index (κ2) is 11.1. The number of halogens is 2. The van der Waals surface area contributed by atoms with Crippen molar-refractivity contribution in [2.24, 2.45) is 0 Å². The Kier molecular flexibility index (Phi) is 7.92. The van der Waals surface area contributed by atoms with Crippen LogP contribution in [-0.2, 0) is 0 Å². The molecule has 3 aromatic carbocycles. The number of benzene rings is 3. The minimum Gasteiger partial charge on any atom is -0.491 e. The summed E-state index contributed by atoms with van der Waals surface area (Å²) < 4.78 is 19.3. The van der Waals surface area contributed by atoms with E-state index in [9.17, 15) is 9.50 Å². The van der Waals surface area contributed by atoms with Crippen LogP contribution >= 0.6 is 11.6 Å². The van der Waals surface area contributed by atoms with Gasteiger partial charge in [0, 0.05) is 31.7 Å². The highest BCUT2D eigenvalue weighted by Crippen LogP contribution is 2.38. The molecule has 0 amide bonds. The number of aliphatic hydroxyl groups excluding tert-OH is 1. The molecule has 1 fully saturated rings. The van der Waals surface area contributed by atoms with Crippen LogP contribution in [0.4, 0.5) is 10.1 Å². The van der Waals surface area contributed by atoms with Crippen LogP contribution in [0.5, 0.6) is 5.75 Å². The van der Waals surface area contributed by atoms with E-state index in [-0.39, 0.29) is 24.5 Å². The van der Waals surface area contributed by atoms with Crippen LogP contribution < -0.4 is 9.64 Å².